The lowest BCUT2D eigenvalue weighted by atomic mass is 9.74. The molecule has 0 aliphatic carbocycles. The number of benzene rings is 3. The molecule has 3 aromatic carbocycles. The summed E-state index contributed by atoms with van der Waals surface area (Å²) < 4.78 is 0. The molecular weight excluding hydrogens is 604 g/mol. The quantitative estimate of drug-likeness (QED) is 0.0721. The molecule has 1 atom stereocenters. The van der Waals surface area contributed by atoms with Crippen molar-refractivity contribution in [3.8, 4) is 23.1 Å². The first-order chi connectivity index (χ1) is 23.4. The summed E-state index contributed by atoms with van der Waals surface area (Å²) >= 11 is 0. The maximum absolute atomic E-state index is 12.9. The van der Waals surface area contributed by atoms with Gasteiger partial charge in [0.05, 0.1) is 17.6 Å². The zero-order chi connectivity index (χ0) is 36.5. The monoisotopic (exact) mass is 660 g/mol. The molecule has 0 saturated carbocycles. The van der Waals surface area contributed by atoms with Crippen molar-refractivity contribution in [3.63, 3.8) is 0 Å². The van der Waals surface area contributed by atoms with Crippen molar-refractivity contribution >= 4 is 17.4 Å². The number of aliphatic hydroxyl groups is 1. The molecule has 1 heterocycles. The van der Waals surface area contributed by atoms with Crippen molar-refractivity contribution in [1.82, 2.24) is 9.88 Å². The standard InChI is InChI=1S/C35H42N4O.C7H8.CH4O.H2/c1-7-35(8-2,29-14-11-13-27(24-29)31-21-20-30(36)25-38-31)23-22-32(37)39(9-3)33(40)15-10-12-26-16-18-28(19-17-26)34(4,5)6;1-7-5-3-2-4-6-7;1-2;/h7,11,13-14,16-21,24-25,37H,1,8-9,12,22-23,36H2,2-6H3;2-6H,1H3;2H,1H3;1H. The van der Waals surface area contributed by atoms with Gasteiger partial charge in [-0.3, -0.25) is 20.1 Å². The fourth-order valence-corrected chi connectivity index (χ4v) is 5.33. The lowest BCUT2D eigenvalue weighted by Crippen LogP contribution is -2.36. The summed E-state index contributed by atoms with van der Waals surface area (Å²) in [5.74, 6) is 5.70. The summed E-state index contributed by atoms with van der Waals surface area (Å²) in [6, 6.07) is 30.7. The lowest BCUT2D eigenvalue weighted by molar-refractivity contribution is -0.121. The SMILES string of the molecule is C=CC(CC)(CCC(=N)N(CC)C(=O)C#CCc1ccc(C(C)(C)C)cc1)c1cccc(-c2ccc(N)cn2)c1.CO.Cc1ccccc1.[HH]. The Bertz CT molecular complexity index is 1690. The minimum absolute atomic E-state index is 0. The molecule has 1 aromatic heterocycles. The van der Waals surface area contributed by atoms with E-state index >= 15 is 0 Å². The van der Waals surface area contributed by atoms with Crippen LogP contribution in [0.25, 0.3) is 11.3 Å². The summed E-state index contributed by atoms with van der Waals surface area (Å²) in [6.45, 7) is 17.2. The van der Waals surface area contributed by atoms with Gasteiger partial charge in [-0.2, -0.15) is 0 Å². The van der Waals surface area contributed by atoms with Crippen LogP contribution < -0.4 is 5.73 Å². The molecule has 1 unspecified atom stereocenters. The van der Waals surface area contributed by atoms with E-state index in [1.165, 1.54) is 16.0 Å². The van der Waals surface area contributed by atoms with Gasteiger partial charge in [-0.1, -0.05) is 118 Å². The molecule has 0 radical (unpaired) electrons. The van der Waals surface area contributed by atoms with Crippen LogP contribution in [0.2, 0.25) is 0 Å². The highest BCUT2D eigenvalue weighted by Crippen LogP contribution is 2.36. The molecule has 260 valence electrons. The van der Waals surface area contributed by atoms with E-state index in [1.807, 2.05) is 55.5 Å². The Morgan fingerprint density at radius 3 is 2.16 bits per heavy atom. The summed E-state index contributed by atoms with van der Waals surface area (Å²) in [7, 11) is 1.00. The molecule has 0 aliphatic rings. The fraction of sp³-hybridized carbons (Fsp3) is 0.326. The van der Waals surface area contributed by atoms with Crippen LogP contribution in [-0.4, -0.2) is 40.4 Å². The molecule has 1 amide bonds. The lowest BCUT2D eigenvalue weighted by Gasteiger charge is -2.31. The molecular formula is C43H56N4O2. The van der Waals surface area contributed by atoms with Crippen molar-refractivity contribution in [3.05, 3.63) is 132 Å². The number of aliphatic hydroxyl groups excluding tert-OH is 1. The van der Waals surface area contributed by atoms with Crippen LogP contribution in [0.5, 0.6) is 0 Å². The van der Waals surface area contributed by atoms with E-state index in [-0.39, 0.29) is 24.0 Å². The first-order valence-corrected chi connectivity index (χ1v) is 16.8. The van der Waals surface area contributed by atoms with E-state index in [0.717, 1.165) is 35.9 Å². The second-order valence-corrected chi connectivity index (χ2v) is 12.8. The number of rotatable bonds is 9. The van der Waals surface area contributed by atoms with Gasteiger partial charge in [0.2, 0.25) is 0 Å². The Labute approximate surface area is 296 Å². The number of hydrogen-bond acceptors (Lipinski definition) is 5. The maximum atomic E-state index is 12.9. The molecule has 0 spiro atoms. The molecule has 4 rings (SSSR count). The number of hydrogen-bond donors (Lipinski definition) is 3. The van der Waals surface area contributed by atoms with E-state index in [4.69, 9.17) is 16.2 Å². The van der Waals surface area contributed by atoms with Gasteiger partial charge in [-0.05, 0) is 72.9 Å². The van der Waals surface area contributed by atoms with Crippen LogP contribution in [0.3, 0.4) is 0 Å². The molecule has 49 heavy (non-hydrogen) atoms. The number of nitrogens with zero attached hydrogens (tertiary/aromatic N) is 2. The molecule has 0 fully saturated rings. The number of aromatic nitrogens is 1. The number of pyridine rings is 1. The molecule has 4 aromatic rings. The van der Waals surface area contributed by atoms with Crippen LogP contribution in [0, 0.1) is 24.2 Å². The first-order valence-electron chi connectivity index (χ1n) is 16.8. The number of nitrogens with one attached hydrogen (secondary N) is 1. The molecule has 0 aliphatic heterocycles. The third-order valence-electron chi connectivity index (χ3n) is 8.48. The molecule has 0 saturated heterocycles. The molecule has 6 heteroatoms. The second-order valence-electron chi connectivity index (χ2n) is 12.8. The van der Waals surface area contributed by atoms with Gasteiger partial charge in [0.1, 0.15) is 5.84 Å². The number of nitrogen functional groups attached to an aromatic ring is 1. The van der Waals surface area contributed by atoms with E-state index in [1.54, 1.807) is 6.20 Å². The fourth-order valence-electron chi connectivity index (χ4n) is 5.33. The largest absolute Gasteiger partial charge is 0.400 e. The molecule has 0 bridgehead atoms. The summed E-state index contributed by atoms with van der Waals surface area (Å²) in [5, 5.41) is 15.7. The number of amidine groups is 1. The summed E-state index contributed by atoms with van der Waals surface area (Å²) in [4.78, 5) is 18.9. The van der Waals surface area contributed by atoms with Gasteiger partial charge in [0.25, 0.3) is 0 Å². The molecule has 4 N–H and O–H groups in total. The highest BCUT2D eigenvalue weighted by molar-refractivity contribution is 6.05. The number of nitrogens with two attached hydrogens (primary N) is 1. The second kappa shape index (κ2) is 19.7. The van der Waals surface area contributed by atoms with E-state index < -0.39 is 0 Å². The van der Waals surface area contributed by atoms with Crippen LogP contribution >= 0.6 is 0 Å². The van der Waals surface area contributed by atoms with Crippen molar-refractivity contribution in [2.75, 3.05) is 19.4 Å². The first kappa shape index (κ1) is 40.2. The molecule has 6 nitrogen and oxygen atoms in total. The van der Waals surface area contributed by atoms with Crippen LogP contribution in [0.15, 0.2) is 110 Å². The van der Waals surface area contributed by atoms with Crippen LogP contribution in [-0.2, 0) is 22.0 Å². The van der Waals surface area contributed by atoms with E-state index in [9.17, 15) is 4.79 Å². The average molecular weight is 661 g/mol. The normalized spacial score (nSPS) is 11.6. The number of amides is 1. The minimum Gasteiger partial charge on any atom is -0.400 e. The number of anilines is 1. The Hall–Kier alpha value is -4.99. The third kappa shape index (κ3) is 12.2. The van der Waals surface area contributed by atoms with Gasteiger partial charge in [0, 0.05) is 38.9 Å². The Balaban J connectivity index is 0.00000110. The Morgan fingerprint density at radius 2 is 1.65 bits per heavy atom. The Morgan fingerprint density at radius 1 is 0.980 bits per heavy atom. The Kier molecular flexibility index (Phi) is 16.2. The van der Waals surface area contributed by atoms with Gasteiger partial charge in [-0.25, -0.2) is 0 Å². The summed E-state index contributed by atoms with van der Waals surface area (Å²) in [6.07, 6.45) is 6.03. The van der Waals surface area contributed by atoms with Crippen molar-refractivity contribution < 1.29 is 11.3 Å². The van der Waals surface area contributed by atoms with Crippen molar-refractivity contribution in [2.24, 2.45) is 0 Å². The maximum Gasteiger partial charge on any atom is 0.303 e. The van der Waals surface area contributed by atoms with Crippen molar-refractivity contribution in [2.45, 2.75) is 78.1 Å². The highest BCUT2D eigenvalue weighted by Gasteiger charge is 2.29. The summed E-state index contributed by atoms with van der Waals surface area (Å²) in [5.41, 5.74) is 12.8. The minimum atomic E-state index is -0.344. The highest BCUT2D eigenvalue weighted by atomic mass is 16.2. The average Bonchev–Trinajstić information content (AvgIpc) is 3.11. The van der Waals surface area contributed by atoms with Crippen molar-refractivity contribution in [1.29, 1.82) is 5.41 Å². The zero-order valence-electron chi connectivity index (χ0n) is 30.4. The van der Waals surface area contributed by atoms with Gasteiger partial charge in [-0.15, -0.1) is 6.58 Å². The number of aryl methyl sites for hydroxylation is 1. The number of carbonyl (C=O) groups is 1. The van der Waals surface area contributed by atoms with Crippen LogP contribution in [0.1, 0.15) is 77.6 Å². The zero-order valence-corrected chi connectivity index (χ0v) is 30.4. The number of carbonyl (C=O) groups excluding carboxylic acids is 1. The third-order valence-corrected chi connectivity index (χ3v) is 8.48. The predicted octanol–water partition coefficient (Wildman–Crippen LogP) is 9.16. The van der Waals surface area contributed by atoms with Crippen LogP contribution in [0.4, 0.5) is 5.69 Å². The topological polar surface area (TPSA) is 103 Å². The smallest absolute Gasteiger partial charge is 0.303 e. The van der Waals surface area contributed by atoms with Gasteiger partial charge >= 0.3 is 5.91 Å². The van der Waals surface area contributed by atoms with Gasteiger partial charge < -0.3 is 10.8 Å². The predicted molar refractivity (Wildman–Crippen MR) is 209 cm³/mol. The van der Waals surface area contributed by atoms with E-state index in [0.29, 0.717) is 31.5 Å². The number of allylic oxidation sites excluding steroid dienone is 1. The van der Waals surface area contributed by atoms with E-state index in [2.05, 4.69) is 107 Å². The van der Waals surface area contributed by atoms with Gasteiger partial charge in [0.15, 0.2) is 0 Å².